The van der Waals surface area contributed by atoms with E-state index in [0.717, 1.165) is 22.4 Å². The van der Waals surface area contributed by atoms with E-state index in [1.54, 1.807) is 6.26 Å². The molecule has 5 heteroatoms. The van der Waals surface area contributed by atoms with Gasteiger partial charge in [-0.05, 0) is 22.9 Å². The number of amides is 1. The van der Waals surface area contributed by atoms with E-state index >= 15 is 0 Å². The summed E-state index contributed by atoms with van der Waals surface area (Å²) in [7, 11) is 0. The van der Waals surface area contributed by atoms with Crippen LogP contribution in [0, 0.1) is 0 Å². The maximum atomic E-state index is 12.1. The Morgan fingerprint density at radius 1 is 1.08 bits per heavy atom. The second-order valence-corrected chi connectivity index (χ2v) is 6.55. The second kappa shape index (κ2) is 6.91. The molecule has 4 nitrogen and oxygen atoms in total. The third-order valence-electron chi connectivity index (χ3n) is 3.99. The van der Waals surface area contributed by atoms with Crippen LogP contribution in [0.4, 0.5) is 5.13 Å². The van der Waals surface area contributed by atoms with Gasteiger partial charge in [-0.25, -0.2) is 4.98 Å². The summed E-state index contributed by atoms with van der Waals surface area (Å²) in [5, 5.41) is 7.80. The summed E-state index contributed by atoms with van der Waals surface area (Å²) < 4.78 is 5.24. The minimum Gasteiger partial charge on any atom is -0.469 e. The molecule has 1 N–H and O–H groups in total. The van der Waals surface area contributed by atoms with Crippen molar-refractivity contribution in [2.24, 2.45) is 0 Å². The van der Waals surface area contributed by atoms with Gasteiger partial charge in [-0.1, -0.05) is 42.5 Å². The van der Waals surface area contributed by atoms with Gasteiger partial charge in [0.05, 0.1) is 12.0 Å². The number of fused-ring (bicyclic) bond motifs is 1. The molecule has 0 spiro atoms. The van der Waals surface area contributed by atoms with E-state index in [4.69, 9.17) is 4.42 Å². The maximum Gasteiger partial charge on any atom is 0.226 e. The van der Waals surface area contributed by atoms with Gasteiger partial charge in [-0.2, -0.15) is 0 Å². The van der Waals surface area contributed by atoms with Gasteiger partial charge in [-0.3, -0.25) is 4.79 Å². The van der Waals surface area contributed by atoms with Crippen LogP contribution in [0.5, 0.6) is 0 Å². The molecule has 2 aromatic carbocycles. The quantitative estimate of drug-likeness (QED) is 0.544. The van der Waals surface area contributed by atoms with Gasteiger partial charge in [0.15, 0.2) is 5.13 Å². The van der Waals surface area contributed by atoms with Crippen molar-refractivity contribution in [3.8, 4) is 11.3 Å². The van der Waals surface area contributed by atoms with Gasteiger partial charge in [0, 0.05) is 23.8 Å². The van der Waals surface area contributed by atoms with E-state index in [-0.39, 0.29) is 5.91 Å². The fourth-order valence-electron chi connectivity index (χ4n) is 2.78. The Labute approximate surface area is 149 Å². The molecule has 0 radical (unpaired) electrons. The lowest BCUT2D eigenvalue weighted by atomic mass is 10.0. The molecule has 2 heterocycles. The van der Waals surface area contributed by atoms with Crippen LogP contribution in [-0.2, 0) is 11.2 Å². The van der Waals surface area contributed by atoms with Crippen LogP contribution in [0.15, 0.2) is 70.7 Å². The highest BCUT2D eigenvalue weighted by Crippen LogP contribution is 2.30. The predicted octanol–water partition coefficient (Wildman–Crippen LogP) is 5.13. The fraction of sp³-hybridized carbons (Fsp3) is 0.100. The van der Waals surface area contributed by atoms with E-state index < -0.39 is 0 Å². The number of aromatic nitrogens is 1. The summed E-state index contributed by atoms with van der Waals surface area (Å²) >= 11 is 1.44. The molecule has 0 aliphatic rings. The van der Waals surface area contributed by atoms with Crippen molar-refractivity contribution < 1.29 is 9.21 Å². The van der Waals surface area contributed by atoms with Gasteiger partial charge in [0.2, 0.25) is 5.91 Å². The number of aryl methyl sites for hydroxylation is 1. The first kappa shape index (κ1) is 15.6. The molecule has 1 amide bonds. The molecule has 0 aliphatic heterocycles. The summed E-state index contributed by atoms with van der Waals surface area (Å²) in [5.74, 6) is 0.751. The average molecular weight is 348 g/mol. The van der Waals surface area contributed by atoms with Crippen LogP contribution in [-0.4, -0.2) is 10.9 Å². The van der Waals surface area contributed by atoms with Crippen molar-refractivity contribution in [3.63, 3.8) is 0 Å². The normalized spacial score (nSPS) is 10.9. The Hall–Kier alpha value is -2.92. The van der Waals surface area contributed by atoms with Crippen molar-refractivity contribution in [1.29, 1.82) is 0 Å². The van der Waals surface area contributed by atoms with E-state index in [1.807, 2.05) is 35.7 Å². The number of hydrogen-bond donors (Lipinski definition) is 1. The molecular formula is C20H16N2O2S. The summed E-state index contributed by atoms with van der Waals surface area (Å²) in [4.78, 5) is 16.7. The van der Waals surface area contributed by atoms with Gasteiger partial charge in [-0.15, -0.1) is 11.3 Å². The number of anilines is 1. The van der Waals surface area contributed by atoms with Crippen LogP contribution >= 0.6 is 11.3 Å². The number of carbonyl (C=O) groups is 1. The van der Waals surface area contributed by atoms with Gasteiger partial charge in [0.25, 0.3) is 0 Å². The molecule has 0 saturated carbocycles. The van der Waals surface area contributed by atoms with E-state index in [2.05, 4.69) is 34.6 Å². The highest BCUT2D eigenvalue weighted by molar-refractivity contribution is 7.14. The molecule has 0 aliphatic carbocycles. The second-order valence-electron chi connectivity index (χ2n) is 5.69. The summed E-state index contributed by atoms with van der Waals surface area (Å²) in [6.07, 6.45) is 2.57. The lowest BCUT2D eigenvalue weighted by molar-refractivity contribution is -0.116. The molecule has 4 rings (SSSR count). The van der Waals surface area contributed by atoms with Crippen LogP contribution < -0.4 is 5.32 Å². The van der Waals surface area contributed by atoms with E-state index in [0.29, 0.717) is 18.0 Å². The summed E-state index contributed by atoms with van der Waals surface area (Å²) in [6.45, 7) is 0. The minimum atomic E-state index is -0.0600. The van der Waals surface area contributed by atoms with Gasteiger partial charge < -0.3 is 9.73 Å². The molecule has 2 aromatic heterocycles. The average Bonchev–Trinajstić information content (AvgIpc) is 3.31. The first-order valence-corrected chi connectivity index (χ1v) is 8.93. The van der Waals surface area contributed by atoms with Crippen molar-refractivity contribution in [2.45, 2.75) is 12.8 Å². The number of rotatable bonds is 5. The van der Waals surface area contributed by atoms with E-state index in [1.165, 1.54) is 16.7 Å². The van der Waals surface area contributed by atoms with Gasteiger partial charge in [0.1, 0.15) is 5.76 Å². The monoisotopic (exact) mass is 348 g/mol. The smallest absolute Gasteiger partial charge is 0.226 e. The number of nitrogens with zero attached hydrogens (tertiary/aromatic N) is 1. The Kier molecular flexibility index (Phi) is 4.31. The zero-order valence-electron chi connectivity index (χ0n) is 13.4. The molecule has 25 heavy (non-hydrogen) atoms. The Morgan fingerprint density at radius 2 is 1.96 bits per heavy atom. The van der Waals surface area contributed by atoms with Crippen molar-refractivity contribution in [3.05, 3.63) is 72.0 Å². The molecule has 124 valence electrons. The number of nitrogens with one attached hydrogen (secondary N) is 1. The Morgan fingerprint density at radius 3 is 2.84 bits per heavy atom. The highest BCUT2D eigenvalue weighted by Gasteiger charge is 2.10. The standard InChI is InChI=1S/C20H16N2O2S/c23-19(11-10-15-7-4-12-24-15)22-20-21-18(13-25-20)17-9-3-6-14-5-1-2-8-16(14)17/h1-9,12-13H,10-11H2,(H,21,22,23). The van der Waals surface area contributed by atoms with Crippen molar-refractivity contribution in [2.75, 3.05) is 5.32 Å². The zero-order chi connectivity index (χ0) is 17.1. The first-order chi connectivity index (χ1) is 12.3. The van der Waals surface area contributed by atoms with Gasteiger partial charge >= 0.3 is 0 Å². The SMILES string of the molecule is O=C(CCc1ccco1)Nc1nc(-c2cccc3ccccc23)cs1. The molecular weight excluding hydrogens is 332 g/mol. The van der Waals surface area contributed by atoms with Crippen LogP contribution in [0.2, 0.25) is 0 Å². The number of carbonyl (C=O) groups excluding carboxylic acids is 1. The fourth-order valence-corrected chi connectivity index (χ4v) is 3.50. The molecule has 0 unspecified atom stereocenters. The van der Waals surface area contributed by atoms with Crippen LogP contribution in [0.1, 0.15) is 12.2 Å². The molecule has 0 atom stereocenters. The lowest BCUT2D eigenvalue weighted by Gasteiger charge is -2.03. The number of thiazole rings is 1. The topological polar surface area (TPSA) is 55.1 Å². The third kappa shape index (κ3) is 3.46. The molecule has 0 saturated heterocycles. The molecule has 4 aromatic rings. The predicted molar refractivity (Wildman–Crippen MR) is 101 cm³/mol. The lowest BCUT2D eigenvalue weighted by Crippen LogP contribution is -2.11. The maximum absolute atomic E-state index is 12.1. The van der Waals surface area contributed by atoms with Crippen LogP contribution in [0.25, 0.3) is 22.0 Å². The largest absolute Gasteiger partial charge is 0.469 e. The number of hydrogen-bond acceptors (Lipinski definition) is 4. The zero-order valence-corrected chi connectivity index (χ0v) is 14.3. The minimum absolute atomic E-state index is 0.0600. The van der Waals surface area contributed by atoms with Crippen molar-refractivity contribution in [1.82, 2.24) is 4.98 Å². The first-order valence-electron chi connectivity index (χ1n) is 8.05. The highest BCUT2D eigenvalue weighted by atomic mass is 32.1. The molecule has 0 fully saturated rings. The van der Waals surface area contributed by atoms with Crippen LogP contribution in [0.3, 0.4) is 0 Å². The third-order valence-corrected chi connectivity index (χ3v) is 4.75. The summed E-state index contributed by atoms with van der Waals surface area (Å²) in [5.41, 5.74) is 1.95. The van der Waals surface area contributed by atoms with Crippen molar-refractivity contribution >= 4 is 33.1 Å². The summed E-state index contributed by atoms with van der Waals surface area (Å²) in [6, 6.07) is 18.1. The number of furan rings is 1. The Balaban J connectivity index is 1.49. The Bertz CT molecular complexity index is 1000. The number of benzene rings is 2. The van der Waals surface area contributed by atoms with E-state index in [9.17, 15) is 4.79 Å². The molecule has 0 bridgehead atoms.